The van der Waals surface area contributed by atoms with Crippen molar-refractivity contribution < 1.29 is 9.59 Å². The van der Waals surface area contributed by atoms with E-state index in [4.69, 9.17) is 12.2 Å². The van der Waals surface area contributed by atoms with Gasteiger partial charge >= 0.3 is 0 Å². The summed E-state index contributed by atoms with van der Waals surface area (Å²) in [7, 11) is 0. The highest BCUT2D eigenvalue weighted by atomic mass is 32.1. The molecule has 0 aliphatic carbocycles. The van der Waals surface area contributed by atoms with Crippen molar-refractivity contribution in [3.05, 3.63) is 60.7 Å². The van der Waals surface area contributed by atoms with Crippen LogP contribution in [0.15, 0.2) is 60.7 Å². The number of hydrogen-bond acceptors (Lipinski definition) is 3. The largest absolute Gasteiger partial charge is 0.274 e. The lowest BCUT2D eigenvalue weighted by molar-refractivity contribution is -0.115. The third kappa shape index (κ3) is 3.38. The number of rotatable bonds is 2. The second-order valence-electron chi connectivity index (χ2n) is 4.66. The Kier molecular flexibility index (Phi) is 5.01. The molecule has 0 N–H and O–H groups in total. The SMILES string of the molecule is CC(=O)N(C(=S)N(C(C)=O)c1ccccc1)c1ccccc1. The maximum Gasteiger partial charge on any atom is 0.230 e. The van der Waals surface area contributed by atoms with Gasteiger partial charge in [0.1, 0.15) is 0 Å². The maximum absolute atomic E-state index is 12.0. The molecule has 0 aliphatic rings. The first-order valence-electron chi connectivity index (χ1n) is 6.78. The molecule has 0 radical (unpaired) electrons. The number of anilines is 2. The molecule has 2 aromatic carbocycles. The molecule has 0 bridgehead atoms. The van der Waals surface area contributed by atoms with Crippen molar-refractivity contribution in [1.82, 2.24) is 0 Å². The van der Waals surface area contributed by atoms with Crippen molar-refractivity contribution >= 4 is 40.5 Å². The summed E-state index contributed by atoms with van der Waals surface area (Å²) in [4.78, 5) is 26.8. The van der Waals surface area contributed by atoms with Crippen LogP contribution in [0.4, 0.5) is 11.4 Å². The minimum atomic E-state index is -0.251. The van der Waals surface area contributed by atoms with E-state index in [1.165, 1.54) is 23.6 Å². The zero-order valence-corrected chi connectivity index (χ0v) is 13.2. The Hall–Kier alpha value is -2.53. The Labute approximate surface area is 135 Å². The molecule has 5 heteroatoms. The monoisotopic (exact) mass is 312 g/mol. The average Bonchev–Trinajstić information content (AvgIpc) is 2.49. The number of para-hydroxylation sites is 2. The number of benzene rings is 2. The van der Waals surface area contributed by atoms with Gasteiger partial charge in [-0.2, -0.15) is 0 Å². The second kappa shape index (κ2) is 6.95. The molecule has 0 unspecified atom stereocenters. The minimum Gasteiger partial charge on any atom is -0.274 e. The maximum atomic E-state index is 12.0. The lowest BCUT2D eigenvalue weighted by Crippen LogP contribution is -2.47. The van der Waals surface area contributed by atoms with Crippen molar-refractivity contribution in [2.75, 3.05) is 9.80 Å². The van der Waals surface area contributed by atoms with Crippen molar-refractivity contribution in [3.63, 3.8) is 0 Å². The topological polar surface area (TPSA) is 40.6 Å². The Morgan fingerprint density at radius 1 is 0.727 bits per heavy atom. The number of thiocarbonyl (C=S) groups is 1. The van der Waals surface area contributed by atoms with E-state index in [0.717, 1.165) is 0 Å². The average molecular weight is 312 g/mol. The van der Waals surface area contributed by atoms with Gasteiger partial charge in [-0.25, -0.2) is 0 Å². The molecule has 2 amide bonds. The van der Waals surface area contributed by atoms with E-state index in [1.54, 1.807) is 24.3 Å². The summed E-state index contributed by atoms with van der Waals surface area (Å²) in [6.45, 7) is 2.84. The summed E-state index contributed by atoms with van der Waals surface area (Å²) in [5, 5.41) is 0.136. The van der Waals surface area contributed by atoms with Crippen LogP contribution >= 0.6 is 12.2 Å². The Bertz CT molecular complexity index is 627. The third-order valence-corrected chi connectivity index (χ3v) is 3.41. The van der Waals surface area contributed by atoms with Crippen LogP contribution in [0, 0.1) is 0 Å². The Morgan fingerprint density at radius 3 is 1.32 bits per heavy atom. The van der Waals surface area contributed by atoms with Crippen molar-refractivity contribution in [2.45, 2.75) is 13.8 Å². The smallest absolute Gasteiger partial charge is 0.230 e. The fourth-order valence-electron chi connectivity index (χ4n) is 2.11. The molecule has 0 spiro atoms. The molecule has 0 fully saturated rings. The van der Waals surface area contributed by atoms with Gasteiger partial charge < -0.3 is 0 Å². The van der Waals surface area contributed by atoms with Gasteiger partial charge in [0.05, 0.1) is 11.4 Å². The van der Waals surface area contributed by atoms with Crippen molar-refractivity contribution in [1.29, 1.82) is 0 Å². The predicted molar refractivity (Wildman–Crippen MR) is 91.8 cm³/mol. The number of amides is 2. The number of hydrogen-bond donors (Lipinski definition) is 0. The molecule has 0 heterocycles. The van der Waals surface area contributed by atoms with Gasteiger partial charge in [0.25, 0.3) is 0 Å². The van der Waals surface area contributed by atoms with E-state index in [9.17, 15) is 9.59 Å². The van der Waals surface area contributed by atoms with E-state index >= 15 is 0 Å². The van der Waals surface area contributed by atoms with E-state index in [2.05, 4.69) is 0 Å². The van der Waals surface area contributed by atoms with Gasteiger partial charge in [0.15, 0.2) is 5.11 Å². The molecular weight excluding hydrogens is 296 g/mol. The molecule has 0 saturated carbocycles. The van der Waals surface area contributed by atoms with Crippen molar-refractivity contribution in [2.24, 2.45) is 0 Å². The summed E-state index contributed by atoms with van der Waals surface area (Å²) in [6, 6.07) is 18.1. The molecular formula is C17H16N2O2S. The van der Waals surface area contributed by atoms with Gasteiger partial charge in [-0.3, -0.25) is 19.4 Å². The molecule has 4 nitrogen and oxygen atoms in total. The van der Waals surface area contributed by atoms with E-state index < -0.39 is 0 Å². The molecule has 2 rings (SSSR count). The lowest BCUT2D eigenvalue weighted by atomic mass is 10.2. The van der Waals surface area contributed by atoms with Crippen LogP contribution in [0.3, 0.4) is 0 Å². The zero-order valence-electron chi connectivity index (χ0n) is 12.4. The summed E-state index contributed by atoms with van der Waals surface area (Å²) in [5.74, 6) is -0.503. The highest BCUT2D eigenvalue weighted by molar-refractivity contribution is 7.81. The van der Waals surface area contributed by atoms with Crippen LogP contribution in [0.5, 0.6) is 0 Å². The fourth-order valence-corrected chi connectivity index (χ4v) is 2.58. The normalized spacial score (nSPS) is 9.91. The number of carbonyl (C=O) groups excluding carboxylic acids is 2. The van der Waals surface area contributed by atoms with Crippen LogP contribution < -0.4 is 9.80 Å². The van der Waals surface area contributed by atoms with Gasteiger partial charge in [-0.05, 0) is 36.5 Å². The predicted octanol–water partition coefficient (Wildman–Crippen LogP) is 3.38. The summed E-state index contributed by atoms with van der Waals surface area (Å²) >= 11 is 5.42. The first-order valence-corrected chi connectivity index (χ1v) is 7.18. The quantitative estimate of drug-likeness (QED) is 0.798. The third-order valence-electron chi connectivity index (χ3n) is 3.04. The number of nitrogens with zero attached hydrogens (tertiary/aromatic N) is 2. The molecule has 22 heavy (non-hydrogen) atoms. The zero-order chi connectivity index (χ0) is 16.1. The summed E-state index contributed by atoms with van der Waals surface area (Å²) < 4.78 is 0. The van der Waals surface area contributed by atoms with Gasteiger partial charge in [0.2, 0.25) is 11.8 Å². The van der Waals surface area contributed by atoms with Crippen LogP contribution in [-0.4, -0.2) is 16.9 Å². The van der Waals surface area contributed by atoms with E-state index in [0.29, 0.717) is 11.4 Å². The molecule has 0 aliphatic heterocycles. The van der Waals surface area contributed by atoms with Gasteiger partial charge in [-0.1, -0.05) is 36.4 Å². The molecule has 0 saturated heterocycles. The van der Waals surface area contributed by atoms with E-state index in [-0.39, 0.29) is 16.9 Å². The van der Waals surface area contributed by atoms with E-state index in [1.807, 2.05) is 36.4 Å². The van der Waals surface area contributed by atoms with Gasteiger partial charge in [-0.15, -0.1) is 0 Å². The standard InChI is InChI=1S/C17H16N2O2S/c1-13(20)18(15-9-5-3-6-10-15)17(22)19(14(2)21)16-11-7-4-8-12-16/h3-12H,1-2H3. The van der Waals surface area contributed by atoms with Crippen LogP contribution in [0.2, 0.25) is 0 Å². The molecule has 0 aromatic heterocycles. The Morgan fingerprint density at radius 2 is 1.05 bits per heavy atom. The van der Waals surface area contributed by atoms with Crippen LogP contribution in [0.25, 0.3) is 0 Å². The molecule has 2 aromatic rings. The second-order valence-corrected chi connectivity index (χ2v) is 5.03. The highest BCUT2D eigenvalue weighted by Gasteiger charge is 2.25. The number of carbonyl (C=O) groups is 2. The molecule has 112 valence electrons. The van der Waals surface area contributed by atoms with Crippen LogP contribution in [-0.2, 0) is 9.59 Å². The lowest BCUT2D eigenvalue weighted by Gasteiger charge is -2.29. The summed E-state index contributed by atoms with van der Waals surface area (Å²) in [6.07, 6.45) is 0. The first kappa shape index (κ1) is 15.9. The Balaban J connectivity index is 2.45. The molecule has 0 atom stereocenters. The van der Waals surface area contributed by atoms with Crippen LogP contribution in [0.1, 0.15) is 13.8 Å². The minimum absolute atomic E-state index is 0.136. The fraction of sp³-hybridized carbons (Fsp3) is 0.118. The summed E-state index contributed by atoms with van der Waals surface area (Å²) in [5.41, 5.74) is 1.25. The first-order chi connectivity index (χ1) is 10.5. The van der Waals surface area contributed by atoms with Crippen molar-refractivity contribution in [3.8, 4) is 0 Å². The highest BCUT2D eigenvalue weighted by Crippen LogP contribution is 2.21. The van der Waals surface area contributed by atoms with Gasteiger partial charge in [0, 0.05) is 13.8 Å².